The summed E-state index contributed by atoms with van der Waals surface area (Å²) in [6.07, 6.45) is 5.02. The molecular formula is C11H25BrO. The molecule has 0 rings (SSSR count). The monoisotopic (exact) mass is 252 g/mol. The Morgan fingerprint density at radius 2 is 1.69 bits per heavy atom. The fourth-order valence-corrected chi connectivity index (χ4v) is 0.875. The normalized spacial score (nSPS) is 9.69. The molecule has 0 atom stereocenters. The maximum Gasteiger partial charge on any atom is 0.0468 e. The van der Waals surface area contributed by atoms with Crippen molar-refractivity contribution in [3.05, 3.63) is 0 Å². The number of hydrogen-bond donors (Lipinski definition) is 0. The largest absolute Gasteiger partial charge is 0.381 e. The maximum atomic E-state index is 5.45. The van der Waals surface area contributed by atoms with Gasteiger partial charge in [-0.25, -0.2) is 0 Å². The SMILES string of the molecule is CBr.CCCCCOCCC(C)C. The third kappa shape index (κ3) is 19.0. The molecule has 0 saturated heterocycles. The lowest BCUT2D eigenvalue weighted by Gasteiger charge is -2.05. The molecule has 0 heterocycles. The van der Waals surface area contributed by atoms with Crippen LogP contribution in [0.15, 0.2) is 0 Å². The molecule has 0 aromatic rings. The Balaban J connectivity index is 0. The van der Waals surface area contributed by atoms with Gasteiger partial charge in [-0.2, -0.15) is 0 Å². The fraction of sp³-hybridized carbons (Fsp3) is 1.00. The van der Waals surface area contributed by atoms with Gasteiger partial charge in [0, 0.05) is 13.2 Å². The van der Waals surface area contributed by atoms with Gasteiger partial charge in [0.1, 0.15) is 0 Å². The van der Waals surface area contributed by atoms with Crippen LogP contribution in [0.5, 0.6) is 0 Å². The van der Waals surface area contributed by atoms with Crippen LogP contribution in [0.4, 0.5) is 0 Å². The number of unbranched alkanes of at least 4 members (excludes halogenated alkanes) is 2. The molecule has 82 valence electrons. The van der Waals surface area contributed by atoms with Crippen LogP contribution in [-0.2, 0) is 4.74 Å². The van der Waals surface area contributed by atoms with Crippen molar-refractivity contribution in [3.63, 3.8) is 0 Å². The number of alkyl halides is 1. The van der Waals surface area contributed by atoms with Crippen molar-refractivity contribution >= 4 is 15.9 Å². The molecule has 0 aliphatic heterocycles. The summed E-state index contributed by atoms with van der Waals surface area (Å²) < 4.78 is 5.45. The average molecular weight is 253 g/mol. The zero-order valence-corrected chi connectivity index (χ0v) is 11.2. The van der Waals surface area contributed by atoms with Gasteiger partial charge in [-0.15, -0.1) is 0 Å². The van der Waals surface area contributed by atoms with Crippen LogP contribution < -0.4 is 0 Å². The van der Waals surface area contributed by atoms with Crippen LogP contribution in [0.25, 0.3) is 0 Å². The predicted molar refractivity (Wildman–Crippen MR) is 64.7 cm³/mol. The van der Waals surface area contributed by atoms with E-state index in [0.29, 0.717) is 0 Å². The van der Waals surface area contributed by atoms with Crippen LogP contribution in [0.1, 0.15) is 46.5 Å². The smallest absolute Gasteiger partial charge is 0.0468 e. The van der Waals surface area contributed by atoms with Gasteiger partial charge < -0.3 is 4.74 Å². The first-order valence-corrected chi connectivity index (χ1v) is 6.81. The van der Waals surface area contributed by atoms with E-state index in [1.807, 2.05) is 5.83 Å². The highest BCUT2D eigenvalue weighted by Gasteiger charge is 1.92. The molecule has 0 aromatic carbocycles. The lowest BCUT2D eigenvalue weighted by atomic mass is 10.1. The summed E-state index contributed by atoms with van der Waals surface area (Å²) in [5.41, 5.74) is 0. The molecule has 0 spiro atoms. The zero-order valence-electron chi connectivity index (χ0n) is 9.61. The summed E-state index contributed by atoms with van der Waals surface area (Å²) in [7, 11) is 0. The van der Waals surface area contributed by atoms with E-state index in [1.165, 1.54) is 25.7 Å². The van der Waals surface area contributed by atoms with E-state index >= 15 is 0 Å². The van der Waals surface area contributed by atoms with E-state index in [2.05, 4.69) is 36.7 Å². The molecule has 0 saturated carbocycles. The van der Waals surface area contributed by atoms with Gasteiger partial charge in [-0.05, 0) is 24.6 Å². The molecule has 0 fully saturated rings. The quantitative estimate of drug-likeness (QED) is 0.487. The predicted octanol–water partition coefficient (Wildman–Crippen LogP) is 4.25. The van der Waals surface area contributed by atoms with E-state index in [4.69, 9.17) is 4.74 Å². The Labute approximate surface area is 92.4 Å². The minimum atomic E-state index is 0.779. The minimum absolute atomic E-state index is 0.779. The van der Waals surface area contributed by atoms with Crippen molar-refractivity contribution in [2.24, 2.45) is 5.92 Å². The van der Waals surface area contributed by atoms with Crippen molar-refractivity contribution in [2.75, 3.05) is 19.0 Å². The van der Waals surface area contributed by atoms with Gasteiger partial charge in [0.15, 0.2) is 0 Å². The lowest BCUT2D eigenvalue weighted by Crippen LogP contribution is -2.00. The summed E-state index contributed by atoms with van der Waals surface area (Å²) in [5.74, 6) is 2.59. The summed E-state index contributed by atoms with van der Waals surface area (Å²) in [6.45, 7) is 8.58. The highest BCUT2D eigenvalue weighted by molar-refractivity contribution is 9.08. The van der Waals surface area contributed by atoms with Crippen LogP contribution >= 0.6 is 15.9 Å². The Morgan fingerprint density at radius 3 is 2.15 bits per heavy atom. The molecular weight excluding hydrogens is 228 g/mol. The second-order valence-electron chi connectivity index (χ2n) is 3.50. The molecule has 0 bridgehead atoms. The van der Waals surface area contributed by atoms with E-state index in [1.54, 1.807) is 0 Å². The number of halogens is 1. The molecule has 0 unspecified atom stereocenters. The summed E-state index contributed by atoms with van der Waals surface area (Å²) in [5, 5.41) is 0. The van der Waals surface area contributed by atoms with Crippen molar-refractivity contribution in [1.29, 1.82) is 0 Å². The van der Waals surface area contributed by atoms with Gasteiger partial charge in [-0.3, -0.25) is 0 Å². The molecule has 0 amide bonds. The number of ether oxygens (including phenoxy) is 1. The van der Waals surface area contributed by atoms with E-state index < -0.39 is 0 Å². The van der Waals surface area contributed by atoms with Crippen LogP contribution in [0.2, 0.25) is 0 Å². The number of hydrogen-bond acceptors (Lipinski definition) is 1. The first-order chi connectivity index (χ1) is 6.27. The first kappa shape index (κ1) is 15.9. The van der Waals surface area contributed by atoms with E-state index in [0.717, 1.165) is 19.1 Å². The molecule has 1 nitrogen and oxygen atoms in total. The summed E-state index contributed by atoms with van der Waals surface area (Å²) in [4.78, 5) is 0. The lowest BCUT2D eigenvalue weighted by molar-refractivity contribution is 0.120. The Hall–Kier alpha value is 0.440. The Bertz CT molecular complexity index is 74.5. The third-order valence-electron chi connectivity index (χ3n) is 1.73. The van der Waals surface area contributed by atoms with Gasteiger partial charge in [0.2, 0.25) is 0 Å². The minimum Gasteiger partial charge on any atom is -0.381 e. The Morgan fingerprint density at radius 1 is 1.08 bits per heavy atom. The highest BCUT2D eigenvalue weighted by Crippen LogP contribution is 2.00. The van der Waals surface area contributed by atoms with Gasteiger partial charge in [0.25, 0.3) is 0 Å². The Kier molecular flexibility index (Phi) is 18.3. The number of rotatable bonds is 7. The molecule has 0 radical (unpaired) electrons. The van der Waals surface area contributed by atoms with E-state index in [9.17, 15) is 0 Å². The zero-order chi connectivity index (χ0) is 10.5. The second-order valence-corrected chi connectivity index (χ2v) is 3.50. The third-order valence-corrected chi connectivity index (χ3v) is 1.73. The van der Waals surface area contributed by atoms with Crippen molar-refractivity contribution in [2.45, 2.75) is 46.5 Å². The molecule has 0 aliphatic rings. The standard InChI is InChI=1S/C10H22O.CH3Br/c1-4-5-6-8-11-9-7-10(2)3;1-2/h10H,4-9H2,1-3H3;1H3. The van der Waals surface area contributed by atoms with Crippen molar-refractivity contribution in [1.82, 2.24) is 0 Å². The highest BCUT2D eigenvalue weighted by atomic mass is 79.9. The molecule has 0 aliphatic carbocycles. The van der Waals surface area contributed by atoms with Crippen molar-refractivity contribution in [3.8, 4) is 0 Å². The fourth-order valence-electron chi connectivity index (χ4n) is 0.875. The molecule has 2 heteroatoms. The average Bonchev–Trinajstić information content (AvgIpc) is 2.14. The first-order valence-electron chi connectivity index (χ1n) is 5.23. The topological polar surface area (TPSA) is 9.23 Å². The van der Waals surface area contributed by atoms with Crippen molar-refractivity contribution < 1.29 is 4.74 Å². The molecule has 0 aromatic heterocycles. The van der Waals surface area contributed by atoms with Crippen LogP contribution in [0.3, 0.4) is 0 Å². The maximum absolute atomic E-state index is 5.45. The summed E-state index contributed by atoms with van der Waals surface area (Å²) in [6, 6.07) is 0. The van der Waals surface area contributed by atoms with Crippen LogP contribution in [0, 0.1) is 5.92 Å². The summed E-state index contributed by atoms with van der Waals surface area (Å²) >= 11 is 2.94. The second kappa shape index (κ2) is 14.9. The molecule has 13 heavy (non-hydrogen) atoms. The van der Waals surface area contributed by atoms with Gasteiger partial charge >= 0.3 is 0 Å². The van der Waals surface area contributed by atoms with Gasteiger partial charge in [0.05, 0.1) is 0 Å². The molecule has 0 N–H and O–H groups in total. The van der Waals surface area contributed by atoms with Crippen LogP contribution in [-0.4, -0.2) is 19.0 Å². The van der Waals surface area contributed by atoms with E-state index in [-0.39, 0.29) is 0 Å². The van der Waals surface area contributed by atoms with Gasteiger partial charge in [-0.1, -0.05) is 49.5 Å².